The SMILES string of the molecule is CN1CCCCC1CCNCc1ccncn1. The molecule has 1 fully saturated rings. The second kappa shape index (κ2) is 6.67. The maximum Gasteiger partial charge on any atom is 0.115 e. The Balaban J connectivity index is 1.63. The van der Waals surface area contributed by atoms with Gasteiger partial charge in [0.2, 0.25) is 0 Å². The zero-order valence-electron chi connectivity index (χ0n) is 10.6. The highest BCUT2D eigenvalue weighted by atomic mass is 15.1. The minimum absolute atomic E-state index is 0.765. The molecule has 0 spiro atoms. The van der Waals surface area contributed by atoms with Gasteiger partial charge in [0.25, 0.3) is 0 Å². The van der Waals surface area contributed by atoms with Crippen LogP contribution in [0.15, 0.2) is 18.6 Å². The molecule has 1 unspecified atom stereocenters. The molecule has 0 bridgehead atoms. The van der Waals surface area contributed by atoms with Crippen LogP contribution in [-0.2, 0) is 6.54 Å². The first kappa shape index (κ1) is 12.5. The Morgan fingerprint density at radius 1 is 1.47 bits per heavy atom. The first-order chi connectivity index (χ1) is 8.36. The monoisotopic (exact) mass is 234 g/mol. The van der Waals surface area contributed by atoms with Gasteiger partial charge in [0, 0.05) is 18.8 Å². The number of likely N-dealkylation sites (tertiary alicyclic amines) is 1. The van der Waals surface area contributed by atoms with Crippen LogP contribution in [0.2, 0.25) is 0 Å². The zero-order chi connectivity index (χ0) is 11.9. The predicted molar refractivity (Wildman–Crippen MR) is 68.6 cm³/mol. The summed E-state index contributed by atoms with van der Waals surface area (Å²) in [5.41, 5.74) is 1.07. The van der Waals surface area contributed by atoms with Crippen LogP contribution in [0.1, 0.15) is 31.4 Å². The first-order valence-corrected chi connectivity index (χ1v) is 6.52. The summed E-state index contributed by atoms with van der Waals surface area (Å²) in [7, 11) is 2.24. The molecule has 2 heterocycles. The highest BCUT2D eigenvalue weighted by Gasteiger charge is 2.17. The number of hydrogen-bond donors (Lipinski definition) is 1. The lowest BCUT2D eigenvalue weighted by atomic mass is 10.0. The number of piperidine rings is 1. The van der Waals surface area contributed by atoms with Crippen LogP contribution < -0.4 is 5.32 Å². The molecule has 4 nitrogen and oxygen atoms in total. The van der Waals surface area contributed by atoms with E-state index in [1.807, 2.05) is 6.07 Å². The molecular weight excluding hydrogens is 212 g/mol. The van der Waals surface area contributed by atoms with Crippen LogP contribution in [0.4, 0.5) is 0 Å². The number of rotatable bonds is 5. The summed E-state index contributed by atoms with van der Waals surface area (Å²) < 4.78 is 0. The molecule has 1 N–H and O–H groups in total. The molecule has 0 amide bonds. The third-order valence-corrected chi connectivity index (χ3v) is 3.53. The van der Waals surface area contributed by atoms with E-state index in [1.54, 1.807) is 12.5 Å². The van der Waals surface area contributed by atoms with Crippen molar-refractivity contribution in [1.82, 2.24) is 20.2 Å². The van der Waals surface area contributed by atoms with Crippen LogP contribution in [0.25, 0.3) is 0 Å². The lowest BCUT2D eigenvalue weighted by Gasteiger charge is -2.32. The van der Waals surface area contributed by atoms with Crippen molar-refractivity contribution in [2.45, 2.75) is 38.3 Å². The molecule has 1 aliphatic heterocycles. The summed E-state index contributed by atoms with van der Waals surface area (Å²) in [4.78, 5) is 10.6. The van der Waals surface area contributed by atoms with Crippen LogP contribution >= 0.6 is 0 Å². The van der Waals surface area contributed by atoms with E-state index in [1.165, 1.54) is 32.2 Å². The smallest absolute Gasteiger partial charge is 0.115 e. The molecule has 94 valence electrons. The maximum absolute atomic E-state index is 4.19. The molecule has 0 aromatic carbocycles. The number of nitrogens with zero attached hydrogens (tertiary/aromatic N) is 3. The fraction of sp³-hybridized carbons (Fsp3) is 0.692. The highest BCUT2D eigenvalue weighted by molar-refractivity contribution is 4.96. The Bertz CT molecular complexity index is 314. The van der Waals surface area contributed by atoms with Crippen molar-refractivity contribution < 1.29 is 0 Å². The molecule has 4 heteroatoms. The summed E-state index contributed by atoms with van der Waals surface area (Å²) in [6.07, 6.45) is 8.74. The van der Waals surface area contributed by atoms with Crippen molar-refractivity contribution in [1.29, 1.82) is 0 Å². The van der Waals surface area contributed by atoms with Gasteiger partial charge in [-0.05, 0) is 45.5 Å². The maximum atomic E-state index is 4.19. The van der Waals surface area contributed by atoms with Crippen molar-refractivity contribution in [2.75, 3.05) is 20.1 Å². The minimum Gasteiger partial charge on any atom is -0.311 e. The zero-order valence-corrected chi connectivity index (χ0v) is 10.6. The van der Waals surface area contributed by atoms with Gasteiger partial charge in [-0.3, -0.25) is 0 Å². The molecule has 1 atom stereocenters. The molecule has 17 heavy (non-hydrogen) atoms. The van der Waals surface area contributed by atoms with E-state index in [0.29, 0.717) is 0 Å². The Hall–Kier alpha value is -1.00. The Morgan fingerprint density at radius 2 is 2.41 bits per heavy atom. The molecule has 0 radical (unpaired) electrons. The third-order valence-electron chi connectivity index (χ3n) is 3.53. The van der Waals surface area contributed by atoms with E-state index in [9.17, 15) is 0 Å². The molecule has 0 aliphatic carbocycles. The van der Waals surface area contributed by atoms with Gasteiger partial charge in [0.05, 0.1) is 5.69 Å². The van der Waals surface area contributed by atoms with Crippen LogP contribution in [0.5, 0.6) is 0 Å². The lowest BCUT2D eigenvalue weighted by Crippen LogP contribution is -2.38. The van der Waals surface area contributed by atoms with Gasteiger partial charge in [-0.2, -0.15) is 0 Å². The second-order valence-corrected chi connectivity index (χ2v) is 4.80. The summed E-state index contributed by atoms with van der Waals surface area (Å²) in [5, 5.41) is 3.45. The molecule has 1 aromatic rings. The highest BCUT2D eigenvalue weighted by Crippen LogP contribution is 2.16. The van der Waals surface area contributed by atoms with Crippen LogP contribution in [0.3, 0.4) is 0 Å². The molecule has 1 aromatic heterocycles. The van der Waals surface area contributed by atoms with Crippen molar-refractivity contribution in [3.8, 4) is 0 Å². The number of aromatic nitrogens is 2. The van der Waals surface area contributed by atoms with Gasteiger partial charge >= 0.3 is 0 Å². The quantitative estimate of drug-likeness (QED) is 0.783. The molecule has 1 aliphatic rings. The van der Waals surface area contributed by atoms with Crippen molar-refractivity contribution in [2.24, 2.45) is 0 Å². The molecule has 1 saturated heterocycles. The average Bonchev–Trinajstić information content (AvgIpc) is 2.38. The summed E-state index contributed by atoms with van der Waals surface area (Å²) in [5.74, 6) is 0. The summed E-state index contributed by atoms with van der Waals surface area (Å²) in [6.45, 7) is 3.18. The van der Waals surface area contributed by atoms with Gasteiger partial charge in [-0.1, -0.05) is 6.42 Å². The Kier molecular flexibility index (Phi) is 4.88. The minimum atomic E-state index is 0.765. The third kappa shape index (κ3) is 4.06. The van der Waals surface area contributed by atoms with Crippen molar-refractivity contribution >= 4 is 0 Å². The fourth-order valence-electron chi connectivity index (χ4n) is 2.42. The number of hydrogen-bond acceptors (Lipinski definition) is 4. The van der Waals surface area contributed by atoms with Gasteiger partial charge in [-0.15, -0.1) is 0 Å². The van der Waals surface area contributed by atoms with Gasteiger partial charge in [-0.25, -0.2) is 9.97 Å². The van der Waals surface area contributed by atoms with E-state index in [0.717, 1.165) is 24.8 Å². The van der Waals surface area contributed by atoms with E-state index >= 15 is 0 Å². The summed E-state index contributed by atoms with van der Waals surface area (Å²) >= 11 is 0. The first-order valence-electron chi connectivity index (χ1n) is 6.52. The topological polar surface area (TPSA) is 41.0 Å². The standard InChI is InChI=1S/C13H22N4/c1-17-9-3-2-4-13(17)6-8-14-10-12-5-7-15-11-16-12/h5,7,11,13-14H,2-4,6,8-10H2,1H3. The van der Waals surface area contributed by atoms with E-state index < -0.39 is 0 Å². The van der Waals surface area contributed by atoms with Gasteiger partial charge < -0.3 is 10.2 Å². The number of nitrogens with one attached hydrogen (secondary N) is 1. The fourth-order valence-corrected chi connectivity index (χ4v) is 2.42. The lowest BCUT2D eigenvalue weighted by molar-refractivity contribution is 0.175. The van der Waals surface area contributed by atoms with Crippen molar-refractivity contribution in [3.05, 3.63) is 24.3 Å². The van der Waals surface area contributed by atoms with Crippen LogP contribution in [0, 0.1) is 0 Å². The van der Waals surface area contributed by atoms with E-state index in [-0.39, 0.29) is 0 Å². The Labute approximate surface area is 103 Å². The largest absolute Gasteiger partial charge is 0.311 e. The molecular formula is C13H22N4. The molecule has 0 saturated carbocycles. The van der Waals surface area contributed by atoms with E-state index in [2.05, 4.69) is 27.2 Å². The van der Waals surface area contributed by atoms with Gasteiger partial charge in [0.15, 0.2) is 0 Å². The van der Waals surface area contributed by atoms with E-state index in [4.69, 9.17) is 0 Å². The van der Waals surface area contributed by atoms with Gasteiger partial charge in [0.1, 0.15) is 6.33 Å². The Morgan fingerprint density at radius 3 is 3.18 bits per heavy atom. The molecule has 2 rings (SSSR count). The van der Waals surface area contributed by atoms with Crippen LogP contribution in [-0.4, -0.2) is 41.0 Å². The van der Waals surface area contributed by atoms with Crippen molar-refractivity contribution in [3.63, 3.8) is 0 Å². The normalized spacial score (nSPS) is 21.6. The second-order valence-electron chi connectivity index (χ2n) is 4.80. The summed E-state index contributed by atoms with van der Waals surface area (Å²) in [6, 6.07) is 2.72. The average molecular weight is 234 g/mol. The predicted octanol–water partition coefficient (Wildman–Crippen LogP) is 1.44.